The number of nitriles is 1. The molecular weight excluding hydrogens is 338 g/mol. The molecule has 0 saturated heterocycles. The Labute approximate surface area is 147 Å². The molecule has 0 unspecified atom stereocenters. The maximum Gasteiger partial charge on any atom is 0.389 e. The highest BCUT2D eigenvalue weighted by molar-refractivity contribution is 5.91. The monoisotopic (exact) mass is 351 g/mol. The van der Waals surface area contributed by atoms with Crippen LogP contribution in [0.2, 0.25) is 0 Å². The number of benzene rings is 1. The lowest BCUT2D eigenvalue weighted by molar-refractivity contribution is -0.389. The van der Waals surface area contributed by atoms with E-state index >= 15 is 0 Å². The summed E-state index contributed by atoms with van der Waals surface area (Å²) < 4.78 is 2.78. The largest absolute Gasteiger partial charge is 0.389 e. The van der Waals surface area contributed by atoms with Crippen molar-refractivity contribution in [2.75, 3.05) is 5.32 Å². The van der Waals surface area contributed by atoms with Gasteiger partial charge in [0.25, 0.3) is 0 Å². The molecule has 0 fully saturated rings. The van der Waals surface area contributed by atoms with Crippen LogP contribution in [0.4, 0.5) is 11.6 Å². The minimum absolute atomic E-state index is 0.0314. The number of nitro groups is 1. The van der Waals surface area contributed by atoms with E-state index in [2.05, 4.69) is 15.5 Å². The first kappa shape index (κ1) is 16.8. The Morgan fingerprint density at radius 1 is 1.31 bits per heavy atom. The molecule has 10 nitrogen and oxygen atoms in total. The fraction of sp³-hybridized carbons (Fsp3) is 0.125. The molecular formula is C16H13N7O3. The van der Waals surface area contributed by atoms with Gasteiger partial charge in [0.05, 0.1) is 35.8 Å². The van der Waals surface area contributed by atoms with E-state index in [9.17, 15) is 20.2 Å². The van der Waals surface area contributed by atoms with Gasteiger partial charge in [0.1, 0.15) is 11.6 Å². The molecule has 0 atom stereocenters. The van der Waals surface area contributed by atoms with Gasteiger partial charge in [-0.25, -0.2) is 4.68 Å². The van der Waals surface area contributed by atoms with Crippen molar-refractivity contribution >= 4 is 17.5 Å². The average molecular weight is 351 g/mol. The van der Waals surface area contributed by atoms with Crippen LogP contribution < -0.4 is 5.32 Å². The van der Waals surface area contributed by atoms with Crippen LogP contribution in [0.5, 0.6) is 0 Å². The van der Waals surface area contributed by atoms with Crippen LogP contribution in [0.25, 0.3) is 5.69 Å². The molecule has 26 heavy (non-hydrogen) atoms. The van der Waals surface area contributed by atoms with Crippen LogP contribution in [0.15, 0.2) is 48.8 Å². The second kappa shape index (κ2) is 7.27. The summed E-state index contributed by atoms with van der Waals surface area (Å²) in [6.45, 7) is 0.168. The molecule has 10 heteroatoms. The number of hydrogen-bond acceptors (Lipinski definition) is 6. The number of rotatable bonds is 6. The maximum absolute atomic E-state index is 12.2. The normalized spacial score (nSPS) is 10.3. The average Bonchev–Trinajstić information content (AvgIpc) is 3.27. The first-order valence-electron chi connectivity index (χ1n) is 7.59. The Bertz CT molecular complexity index is 985. The molecule has 1 aromatic carbocycles. The summed E-state index contributed by atoms with van der Waals surface area (Å²) in [5, 5.41) is 30.4. The van der Waals surface area contributed by atoms with E-state index in [1.165, 1.54) is 27.8 Å². The van der Waals surface area contributed by atoms with Crippen molar-refractivity contribution in [2.24, 2.45) is 0 Å². The highest BCUT2D eigenvalue weighted by atomic mass is 16.6. The Morgan fingerprint density at radius 2 is 2.08 bits per heavy atom. The van der Waals surface area contributed by atoms with Gasteiger partial charge in [-0.1, -0.05) is 18.2 Å². The number of nitrogens with one attached hydrogen (secondary N) is 1. The van der Waals surface area contributed by atoms with E-state index < -0.39 is 4.92 Å². The Morgan fingerprint density at radius 3 is 2.73 bits per heavy atom. The van der Waals surface area contributed by atoms with E-state index in [1.54, 1.807) is 12.1 Å². The van der Waals surface area contributed by atoms with Crippen molar-refractivity contribution < 1.29 is 9.72 Å². The zero-order chi connectivity index (χ0) is 18.5. The van der Waals surface area contributed by atoms with Gasteiger partial charge >= 0.3 is 5.82 Å². The fourth-order valence-electron chi connectivity index (χ4n) is 2.30. The van der Waals surface area contributed by atoms with Crippen molar-refractivity contribution in [2.45, 2.75) is 13.0 Å². The van der Waals surface area contributed by atoms with Crippen LogP contribution in [0, 0.1) is 21.4 Å². The molecule has 0 bridgehead atoms. The molecule has 130 valence electrons. The summed E-state index contributed by atoms with van der Waals surface area (Å²) in [6, 6.07) is 12.3. The lowest BCUT2D eigenvalue weighted by Crippen LogP contribution is -2.18. The zero-order valence-corrected chi connectivity index (χ0v) is 13.4. The highest BCUT2D eigenvalue weighted by Gasteiger charge is 2.16. The summed E-state index contributed by atoms with van der Waals surface area (Å²) in [5.41, 5.74) is 0.934. The smallest absolute Gasteiger partial charge is 0.358 e. The van der Waals surface area contributed by atoms with Gasteiger partial charge < -0.3 is 15.4 Å². The predicted molar refractivity (Wildman–Crippen MR) is 90.4 cm³/mol. The van der Waals surface area contributed by atoms with E-state index in [0.717, 1.165) is 0 Å². The quantitative estimate of drug-likeness (QED) is 0.532. The second-order valence-electron chi connectivity index (χ2n) is 5.26. The molecule has 0 saturated carbocycles. The standard InChI is InChI=1S/C16H13N7O3/c17-10-12-11-18-22(13-4-2-1-3-5-13)16(12)19-15(24)7-9-21-8-6-14(20-21)23(25)26/h1-6,8,11H,7,9H2,(H,19,24). The number of aromatic nitrogens is 4. The second-order valence-corrected chi connectivity index (χ2v) is 5.26. The predicted octanol–water partition coefficient (Wildman–Crippen LogP) is 1.88. The Kier molecular flexibility index (Phi) is 4.71. The summed E-state index contributed by atoms with van der Waals surface area (Å²) in [5.74, 6) is -0.369. The van der Waals surface area contributed by atoms with E-state index in [-0.39, 0.29) is 36.1 Å². The third kappa shape index (κ3) is 3.57. The minimum Gasteiger partial charge on any atom is -0.358 e. The van der Waals surface area contributed by atoms with E-state index in [0.29, 0.717) is 5.69 Å². The van der Waals surface area contributed by atoms with Gasteiger partial charge in [-0.2, -0.15) is 15.0 Å². The van der Waals surface area contributed by atoms with Gasteiger partial charge in [-0.05, 0) is 17.1 Å². The topological polar surface area (TPSA) is 132 Å². The molecule has 1 N–H and O–H groups in total. The number of carbonyl (C=O) groups is 1. The lowest BCUT2D eigenvalue weighted by Gasteiger charge is -2.09. The zero-order valence-electron chi connectivity index (χ0n) is 13.4. The third-order valence-corrected chi connectivity index (χ3v) is 3.53. The van der Waals surface area contributed by atoms with Gasteiger partial charge in [0, 0.05) is 6.42 Å². The van der Waals surface area contributed by atoms with Gasteiger partial charge in [0.2, 0.25) is 5.91 Å². The fourth-order valence-corrected chi connectivity index (χ4v) is 2.30. The van der Waals surface area contributed by atoms with Gasteiger partial charge in [0.15, 0.2) is 5.82 Å². The molecule has 0 radical (unpaired) electrons. The number of amides is 1. The van der Waals surface area contributed by atoms with Crippen molar-refractivity contribution in [3.63, 3.8) is 0 Å². The van der Waals surface area contributed by atoms with Crippen LogP contribution in [-0.4, -0.2) is 30.4 Å². The van der Waals surface area contributed by atoms with Crippen molar-refractivity contribution in [1.82, 2.24) is 19.6 Å². The number of hydrogen-bond donors (Lipinski definition) is 1. The first-order chi connectivity index (χ1) is 12.6. The molecule has 2 aromatic heterocycles. The first-order valence-corrected chi connectivity index (χ1v) is 7.59. The minimum atomic E-state index is -0.603. The number of para-hydroxylation sites is 1. The molecule has 2 heterocycles. The molecule has 0 aliphatic rings. The molecule has 0 spiro atoms. The summed E-state index contributed by atoms with van der Waals surface area (Å²) in [6.07, 6.45) is 2.84. The molecule has 0 aliphatic heterocycles. The van der Waals surface area contributed by atoms with Crippen molar-refractivity contribution in [1.29, 1.82) is 5.26 Å². The van der Waals surface area contributed by atoms with Crippen LogP contribution >= 0.6 is 0 Å². The van der Waals surface area contributed by atoms with Crippen molar-refractivity contribution in [3.8, 4) is 11.8 Å². The third-order valence-electron chi connectivity index (χ3n) is 3.53. The highest BCUT2D eigenvalue weighted by Crippen LogP contribution is 2.19. The van der Waals surface area contributed by atoms with Gasteiger partial charge in [-0.15, -0.1) is 0 Å². The summed E-state index contributed by atoms with van der Waals surface area (Å²) >= 11 is 0. The van der Waals surface area contributed by atoms with Gasteiger partial charge in [-0.3, -0.25) is 4.79 Å². The number of carbonyl (C=O) groups excluding carboxylic acids is 1. The number of nitrogens with zero attached hydrogens (tertiary/aromatic N) is 6. The lowest BCUT2D eigenvalue weighted by atomic mass is 10.3. The number of anilines is 1. The van der Waals surface area contributed by atoms with E-state index in [4.69, 9.17) is 0 Å². The van der Waals surface area contributed by atoms with Crippen molar-refractivity contribution in [3.05, 3.63) is 64.5 Å². The SMILES string of the molecule is N#Cc1cnn(-c2ccccc2)c1NC(=O)CCn1ccc([N+](=O)[O-])n1. The van der Waals surface area contributed by atoms with Crippen LogP contribution in [-0.2, 0) is 11.3 Å². The summed E-state index contributed by atoms with van der Waals surface area (Å²) in [7, 11) is 0. The van der Waals surface area contributed by atoms with Crippen LogP contribution in [0.1, 0.15) is 12.0 Å². The maximum atomic E-state index is 12.2. The molecule has 1 amide bonds. The molecule has 3 aromatic rings. The summed E-state index contributed by atoms with van der Waals surface area (Å²) in [4.78, 5) is 22.3. The molecule has 0 aliphatic carbocycles. The van der Waals surface area contributed by atoms with E-state index in [1.807, 2.05) is 24.3 Å². The Balaban J connectivity index is 1.72. The molecule has 3 rings (SSSR count). The Hall–Kier alpha value is -4.00. The number of aryl methyl sites for hydroxylation is 1. The van der Waals surface area contributed by atoms with Crippen LogP contribution in [0.3, 0.4) is 0 Å².